The summed E-state index contributed by atoms with van der Waals surface area (Å²) in [5.41, 5.74) is 1.95. The third-order valence-electron chi connectivity index (χ3n) is 6.06. The number of benzene rings is 2. The lowest BCUT2D eigenvalue weighted by atomic mass is 9.73. The van der Waals surface area contributed by atoms with E-state index >= 15 is 0 Å². The van der Waals surface area contributed by atoms with Crippen LogP contribution in [-0.4, -0.2) is 38.1 Å². The maximum atomic E-state index is 13.2. The van der Waals surface area contributed by atoms with Gasteiger partial charge in [0, 0.05) is 7.11 Å². The monoisotopic (exact) mass is 407 g/mol. The molecule has 1 saturated heterocycles. The van der Waals surface area contributed by atoms with Crippen LogP contribution >= 0.6 is 0 Å². The molecule has 6 nitrogen and oxygen atoms in total. The van der Waals surface area contributed by atoms with E-state index in [1.54, 1.807) is 24.3 Å². The number of rotatable bonds is 6. The van der Waals surface area contributed by atoms with Gasteiger partial charge in [-0.1, -0.05) is 36.4 Å². The van der Waals surface area contributed by atoms with Gasteiger partial charge in [-0.15, -0.1) is 0 Å². The zero-order valence-corrected chi connectivity index (χ0v) is 17.0. The van der Waals surface area contributed by atoms with Crippen molar-refractivity contribution in [3.63, 3.8) is 0 Å². The van der Waals surface area contributed by atoms with Crippen LogP contribution in [0.5, 0.6) is 0 Å². The number of hydrogen-bond acceptors (Lipinski definition) is 5. The summed E-state index contributed by atoms with van der Waals surface area (Å²) in [6, 6.07) is 16.7. The van der Waals surface area contributed by atoms with Crippen LogP contribution in [0.3, 0.4) is 0 Å². The number of carbonyl (C=O) groups excluding carboxylic acids is 3. The molecule has 2 fully saturated rings. The summed E-state index contributed by atoms with van der Waals surface area (Å²) in [6.07, 6.45) is 2.27. The van der Waals surface area contributed by atoms with Gasteiger partial charge in [-0.05, 0) is 48.9 Å². The lowest BCUT2D eigenvalue weighted by molar-refractivity contribution is -0.122. The molecular weight excluding hydrogens is 382 g/mol. The second-order valence-corrected chi connectivity index (χ2v) is 7.82. The topological polar surface area (TPSA) is 72.9 Å². The quantitative estimate of drug-likeness (QED) is 0.416. The Bertz CT molecular complexity index is 942. The van der Waals surface area contributed by atoms with Crippen LogP contribution in [0.1, 0.15) is 41.1 Å². The molecule has 1 heterocycles. The van der Waals surface area contributed by atoms with Gasteiger partial charge in [0.25, 0.3) is 0 Å². The van der Waals surface area contributed by atoms with Crippen LogP contribution in [-0.2, 0) is 19.1 Å². The van der Waals surface area contributed by atoms with Crippen molar-refractivity contribution in [2.75, 3.05) is 25.2 Å². The first kappa shape index (κ1) is 20.3. The van der Waals surface area contributed by atoms with E-state index in [4.69, 9.17) is 9.47 Å². The van der Waals surface area contributed by atoms with E-state index in [0.717, 1.165) is 6.42 Å². The van der Waals surface area contributed by atoms with Crippen LogP contribution in [0.2, 0.25) is 0 Å². The molecule has 0 aromatic heterocycles. The minimum Gasteiger partial charge on any atom is -0.460 e. The molecule has 2 aliphatic rings. The number of hydrogen-bond donors (Lipinski definition) is 0. The Hall–Kier alpha value is -2.99. The van der Waals surface area contributed by atoms with Crippen molar-refractivity contribution in [1.82, 2.24) is 0 Å². The van der Waals surface area contributed by atoms with Crippen molar-refractivity contribution in [2.45, 2.75) is 25.2 Å². The molecule has 0 bridgehead atoms. The number of carbonyl (C=O) groups is 3. The summed E-state index contributed by atoms with van der Waals surface area (Å²) in [4.78, 5) is 39.7. The zero-order chi connectivity index (χ0) is 21.1. The number of ether oxygens (including phenoxy) is 2. The van der Waals surface area contributed by atoms with Crippen molar-refractivity contribution in [2.24, 2.45) is 11.8 Å². The van der Waals surface area contributed by atoms with Gasteiger partial charge in [0.15, 0.2) is 0 Å². The highest BCUT2D eigenvalue weighted by molar-refractivity contribution is 6.22. The highest BCUT2D eigenvalue weighted by Crippen LogP contribution is 2.45. The van der Waals surface area contributed by atoms with Crippen molar-refractivity contribution in [3.8, 4) is 0 Å². The second-order valence-electron chi connectivity index (χ2n) is 7.82. The maximum Gasteiger partial charge on any atom is 0.338 e. The lowest BCUT2D eigenvalue weighted by Gasteiger charge is -2.28. The molecule has 2 amide bonds. The number of amides is 2. The summed E-state index contributed by atoms with van der Waals surface area (Å²) >= 11 is 0. The van der Waals surface area contributed by atoms with E-state index in [2.05, 4.69) is 12.1 Å². The van der Waals surface area contributed by atoms with E-state index in [9.17, 15) is 14.4 Å². The minimum atomic E-state index is -0.505. The highest BCUT2D eigenvalue weighted by Gasteiger charge is 2.50. The Labute approximate surface area is 175 Å². The molecule has 156 valence electrons. The van der Waals surface area contributed by atoms with Gasteiger partial charge in [0.2, 0.25) is 11.8 Å². The van der Waals surface area contributed by atoms with Crippen LogP contribution in [0.4, 0.5) is 5.69 Å². The van der Waals surface area contributed by atoms with Crippen LogP contribution < -0.4 is 4.90 Å². The van der Waals surface area contributed by atoms with E-state index < -0.39 is 5.97 Å². The molecule has 1 saturated carbocycles. The Balaban J connectivity index is 1.52. The number of nitrogens with zero attached hydrogens (tertiary/aromatic N) is 1. The minimum absolute atomic E-state index is 0.145. The smallest absolute Gasteiger partial charge is 0.338 e. The van der Waals surface area contributed by atoms with Crippen molar-refractivity contribution < 1.29 is 23.9 Å². The number of anilines is 1. The van der Waals surface area contributed by atoms with Crippen LogP contribution in [0.15, 0.2) is 54.6 Å². The lowest BCUT2D eigenvalue weighted by Crippen LogP contribution is -2.31. The Morgan fingerprint density at radius 3 is 2.50 bits per heavy atom. The number of imide groups is 1. The third-order valence-corrected chi connectivity index (χ3v) is 6.06. The van der Waals surface area contributed by atoms with Crippen molar-refractivity contribution in [1.29, 1.82) is 0 Å². The Kier molecular flexibility index (Phi) is 5.95. The summed E-state index contributed by atoms with van der Waals surface area (Å²) in [5, 5.41) is 0. The zero-order valence-electron chi connectivity index (χ0n) is 17.0. The van der Waals surface area contributed by atoms with Gasteiger partial charge < -0.3 is 9.47 Å². The summed E-state index contributed by atoms with van der Waals surface area (Å²) in [5.74, 6) is -1.15. The Morgan fingerprint density at radius 2 is 1.73 bits per heavy atom. The molecule has 1 aliphatic heterocycles. The van der Waals surface area contributed by atoms with Gasteiger partial charge in [-0.2, -0.15) is 0 Å². The molecule has 0 spiro atoms. The summed E-state index contributed by atoms with van der Waals surface area (Å²) < 4.78 is 10.0. The average Bonchev–Trinajstić information content (AvgIpc) is 3.04. The molecule has 3 atom stereocenters. The van der Waals surface area contributed by atoms with Crippen LogP contribution in [0, 0.1) is 11.8 Å². The molecule has 0 unspecified atom stereocenters. The van der Waals surface area contributed by atoms with E-state index in [-0.39, 0.29) is 36.2 Å². The average molecular weight is 407 g/mol. The summed E-state index contributed by atoms with van der Waals surface area (Å²) in [6.45, 7) is 0.451. The molecule has 4 rings (SSSR count). The van der Waals surface area contributed by atoms with Crippen LogP contribution in [0.25, 0.3) is 0 Å². The first-order chi connectivity index (χ1) is 14.6. The normalized spacial score (nSPS) is 23.4. The standard InChI is InChI=1S/C24H25NO5/c1-29-12-13-30-24(28)18-8-5-9-19(14-18)25-22(26)20-11-10-17(15-21(20)23(25)27)16-6-3-2-4-7-16/h2-9,14,17,20-21H,10-13,15H2,1H3/t17-,20+,21-/m0/s1. The largest absolute Gasteiger partial charge is 0.460 e. The fourth-order valence-electron chi connectivity index (χ4n) is 4.53. The molecule has 2 aromatic carbocycles. The van der Waals surface area contributed by atoms with E-state index in [1.807, 2.05) is 18.2 Å². The molecule has 6 heteroatoms. The first-order valence-electron chi connectivity index (χ1n) is 10.3. The second kappa shape index (κ2) is 8.79. The third kappa shape index (κ3) is 3.87. The molecule has 0 N–H and O–H groups in total. The fraction of sp³-hybridized carbons (Fsp3) is 0.375. The van der Waals surface area contributed by atoms with E-state index in [0.29, 0.717) is 30.7 Å². The fourth-order valence-corrected chi connectivity index (χ4v) is 4.53. The maximum absolute atomic E-state index is 13.2. The number of esters is 1. The molecule has 2 aromatic rings. The van der Waals surface area contributed by atoms with Gasteiger partial charge in [-0.3, -0.25) is 14.5 Å². The predicted octanol–water partition coefficient (Wildman–Crippen LogP) is 3.56. The predicted molar refractivity (Wildman–Crippen MR) is 111 cm³/mol. The highest BCUT2D eigenvalue weighted by atomic mass is 16.6. The number of methoxy groups -OCH3 is 1. The van der Waals surface area contributed by atoms with Crippen molar-refractivity contribution in [3.05, 3.63) is 65.7 Å². The molecule has 1 aliphatic carbocycles. The van der Waals surface area contributed by atoms with Gasteiger partial charge in [0.1, 0.15) is 6.61 Å². The van der Waals surface area contributed by atoms with Crippen molar-refractivity contribution >= 4 is 23.5 Å². The molecule has 30 heavy (non-hydrogen) atoms. The Morgan fingerprint density at radius 1 is 0.967 bits per heavy atom. The summed E-state index contributed by atoms with van der Waals surface area (Å²) in [7, 11) is 1.53. The SMILES string of the molecule is COCCOC(=O)c1cccc(N2C(=O)[C@H]3C[C@@H](c4ccccc4)CC[C@H]3C2=O)c1. The first-order valence-corrected chi connectivity index (χ1v) is 10.3. The molecule has 0 radical (unpaired) electrons. The van der Waals surface area contributed by atoms with Gasteiger partial charge >= 0.3 is 5.97 Å². The van der Waals surface area contributed by atoms with Gasteiger partial charge in [-0.25, -0.2) is 4.79 Å². The van der Waals surface area contributed by atoms with E-state index in [1.165, 1.54) is 17.6 Å². The number of fused-ring (bicyclic) bond motifs is 1. The molecular formula is C24H25NO5. The van der Waals surface area contributed by atoms with Gasteiger partial charge in [0.05, 0.1) is 29.7 Å².